The molecule has 0 bridgehead atoms. The Balaban J connectivity index is 1.82. The van der Waals surface area contributed by atoms with Gasteiger partial charge < -0.3 is 25.2 Å². The molecule has 0 aliphatic carbocycles. The second-order valence-electron chi connectivity index (χ2n) is 6.05. The predicted molar refractivity (Wildman–Crippen MR) is 106 cm³/mol. The van der Waals surface area contributed by atoms with Gasteiger partial charge in [-0.25, -0.2) is 9.59 Å². The van der Waals surface area contributed by atoms with E-state index in [1.165, 1.54) is 7.11 Å². The maximum atomic E-state index is 12.0. The van der Waals surface area contributed by atoms with Crippen molar-refractivity contribution in [1.82, 2.24) is 10.6 Å². The smallest absolute Gasteiger partial charge is 0.407 e. The highest BCUT2D eigenvalue weighted by molar-refractivity contribution is 6.32. The van der Waals surface area contributed by atoms with Gasteiger partial charge in [0, 0.05) is 6.42 Å². The molecule has 2 rings (SSSR count). The summed E-state index contributed by atoms with van der Waals surface area (Å²) in [6.07, 6.45) is -0.763. The molecule has 0 aromatic heterocycles. The van der Waals surface area contributed by atoms with Crippen molar-refractivity contribution >= 4 is 29.6 Å². The van der Waals surface area contributed by atoms with Gasteiger partial charge in [0.25, 0.3) is 0 Å². The third-order valence-electron chi connectivity index (χ3n) is 3.90. The van der Waals surface area contributed by atoms with Gasteiger partial charge in [0.05, 0.1) is 12.1 Å². The summed E-state index contributed by atoms with van der Waals surface area (Å²) in [5.41, 5.74) is 1.41. The highest BCUT2D eigenvalue weighted by Gasteiger charge is 2.21. The zero-order valence-electron chi connectivity index (χ0n) is 15.7. The van der Waals surface area contributed by atoms with Crippen molar-refractivity contribution in [2.24, 2.45) is 0 Å². The molecule has 0 fully saturated rings. The molecule has 2 aromatic rings. The maximum Gasteiger partial charge on any atom is 0.407 e. The number of carbonyl (C=O) groups is 3. The molecule has 154 valence electrons. The molecule has 0 saturated carbocycles. The summed E-state index contributed by atoms with van der Waals surface area (Å²) < 4.78 is 10.0. The van der Waals surface area contributed by atoms with E-state index in [1.807, 2.05) is 18.2 Å². The zero-order valence-corrected chi connectivity index (χ0v) is 16.4. The molecule has 2 amide bonds. The monoisotopic (exact) mass is 420 g/mol. The fourth-order valence-electron chi connectivity index (χ4n) is 2.44. The number of hydrogen-bond donors (Lipinski definition) is 3. The third-order valence-corrected chi connectivity index (χ3v) is 4.19. The number of carbonyl (C=O) groups excluding carboxylic acids is 2. The number of alkyl carbamates (subject to hydrolysis) is 1. The molecule has 0 heterocycles. The summed E-state index contributed by atoms with van der Waals surface area (Å²) >= 11 is 6.04. The van der Waals surface area contributed by atoms with Crippen LogP contribution in [0, 0.1) is 0 Å². The van der Waals surface area contributed by atoms with E-state index < -0.39 is 30.6 Å². The standard InChI is InChI=1S/C20H21ClN2O6/c1-28-17-8-7-14(9-15(17)21)10-16(19(25)26)23-18(24)11-22-20(27)29-12-13-5-3-2-4-6-13/h2-9,16H,10-12H2,1H3,(H,22,27)(H,23,24)(H,25,26)/t16-/m1/s1. The van der Waals surface area contributed by atoms with Crippen LogP contribution in [-0.2, 0) is 27.4 Å². The van der Waals surface area contributed by atoms with Crippen LogP contribution in [0.5, 0.6) is 5.75 Å². The second kappa shape index (κ2) is 10.9. The molecule has 0 saturated heterocycles. The molecule has 8 nitrogen and oxygen atoms in total. The van der Waals surface area contributed by atoms with Gasteiger partial charge in [0.1, 0.15) is 24.9 Å². The quantitative estimate of drug-likeness (QED) is 0.574. The molecule has 9 heteroatoms. The number of benzene rings is 2. The van der Waals surface area contributed by atoms with Crippen molar-refractivity contribution in [2.45, 2.75) is 19.1 Å². The molecule has 2 aromatic carbocycles. The number of carboxylic acid groups (broad SMARTS) is 1. The first-order valence-corrected chi connectivity index (χ1v) is 9.06. The lowest BCUT2D eigenvalue weighted by molar-refractivity contribution is -0.141. The summed E-state index contributed by atoms with van der Waals surface area (Å²) in [6.45, 7) is -0.356. The zero-order chi connectivity index (χ0) is 21.2. The van der Waals surface area contributed by atoms with E-state index in [0.29, 0.717) is 16.3 Å². The number of methoxy groups -OCH3 is 1. The Kier molecular flexibility index (Phi) is 8.29. The number of aliphatic carboxylic acids is 1. The van der Waals surface area contributed by atoms with Crippen LogP contribution in [0.4, 0.5) is 4.79 Å². The maximum absolute atomic E-state index is 12.0. The molecular formula is C20H21ClN2O6. The predicted octanol–water partition coefficient (Wildman–Crippen LogP) is 2.39. The van der Waals surface area contributed by atoms with E-state index in [0.717, 1.165) is 5.56 Å². The highest BCUT2D eigenvalue weighted by atomic mass is 35.5. The molecule has 0 aliphatic rings. The van der Waals surface area contributed by atoms with Crippen LogP contribution in [0.25, 0.3) is 0 Å². The summed E-state index contributed by atoms with van der Waals surface area (Å²) in [4.78, 5) is 35.1. The Hall–Kier alpha value is -3.26. The Morgan fingerprint density at radius 2 is 1.83 bits per heavy atom. The number of rotatable bonds is 9. The van der Waals surface area contributed by atoms with Gasteiger partial charge in [-0.2, -0.15) is 0 Å². The first-order valence-electron chi connectivity index (χ1n) is 8.68. The van der Waals surface area contributed by atoms with Crippen molar-refractivity contribution in [2.75, 3.05) is 13.7 Å². The number of nitrogens with one attached hydrogen (secondary N) is 2. The van der Waals surface area contributed by atoms with Crippen LogP contribution in [0.1, 0.15) is 11.1 Å². The van der Waals surface area contributed by atoms with E-state index in [-0.39, 0.29) is 13.0 Å². The largest absolute Gasteiger partial charge is 0.495 e. The van der Waals surface area contributed by atoms with E-state index >= 15 is 0 Å². The summed E-state index contributed by atoms with van der Waals surface area (Å²) in [7, 11) is 1.47. The normalized spacial score (nSPS) is 11.2. The van der Waals surface area contributed by atoms with Crippen molar-refractivity contribution < 1.29 is 29.0 Å². The van der Waals surface area contributed by atoms with Crippen molar-refractivity contribution in [1.29, 1.82) is 0 Å². The Morgan fingerprint density at radius 3 is 2.45 bits per heavy atom. The third kappa shape index (κ3) is 7.34. The Morgan fingerprint density at radius 1 is 1.10 bits per heavy atom. The molecule has 0 spiro atoms. The summed E-state index contributed by atoms with van der Waals surface area (Å²) in [6, 6.07) is 12.7. The minimum Gasteiger partial charge on any atom is -0.495 e. The Bertz CT molecular complexity index is 859. The van der Waals surface area contributed by atoms with Crippen molar-refractivity contribution in [3.05, 3.63) is 64.7 Å². The number of carboxylic acids is 1. The first-order chi connectivity index (χ1) is 13.9. The summed E-state index contributed by atoms with van der Waals surface area (Å²) in [5.74, 6) is -1.41. The van der Waals surface area contributed by atoms with Crippen LogP contribution in [0.15, 0.2) is 48.5 Å². The van der Waals surface area contributed by atoms with E-state index in [4.69, 9.17) is 21.1 Å². The molecule has 0 unspecified atom stereocenters. The SMILES string of the molecule is COc1ccc(C[C@@H](NC(=O)CNC(=O)OCc2ccccc2)C(=O)O)cc1Cl. The minimum absolute atomic E-state index is 0.0171. The van der Waals surface area contributed by atoms with Crippen LogP contribution >= 0.6 is 11.6 Å². The van der Waals surface area contributed by atoms with Gasteiger partial charge in [-0.1, -0.05) is 48.0 Å². The molecule has 1 atom stereocenters. The van der Waals surface area contributed by atoms with Gasteiger partial charge in [-0.3, -0.25) is 4.79 Å². The molecule has 0 aliphatic heterocycles. The number of halogens is 1. The molecule has 0 radical (unpaired) electrons. The number of amides is 2. The fraction of sp³-hybridized carbons (Fsp3) is 0.250. The topological polar surface area (TPSA) is 114 Å². The van der Waals surface area contributed by atoms with Gasteiger partial charge in [0.2, 0.25) is 5.91 Å². The molecule has 29 heavy (non-hydrogen) atoms. The van der Waals surface area contributed by atoms with Gasteiger partial charge in [-0.15, -0.1) is 0 Å². The number of ether oxygens (including phenoxy) is 2. The van der Waals surface area contributed by atoms with E-state index in [1.54, 1.807) is 30.3 Å². The van der Waals surface area contributed by atoms with Gasteiger partial charge in [-0.05, 0) is 23.3 Å². The van der Waals surface area contributed by atoms with Crippen LogP contribution in [0.3, 0.4) is 0 Å². The highest BCUT2D eigenvalue weighted by Crippen LogP contribution is 2.25. The molecule has 3 N–H and O–H groups in total. The lowest BCUT2D eigenvalue weighted by Crippen LogP contribution is -2.46. The van der Waals surface area contributed by atoms with E-state index in [9.17, 15) is 19.5 Å². The average Bonchev–Trinajstić information content (AvgIpc) is 2.71. The van der Waals surface area contributed by atoms with Gasteiger partial charge in [0.15, 0.2) is 0 Å². The molecular weight excluding hydrogens is 400 g/mol. The fourth-order valence-corrected chi connectivity index (χ4v) is 2.72. The summed E-state index contributed by atoms with van der Waals surface area (Å²) in [5, 5.41) is 14.3. The lowest BCUT2D eigenvalue weighted by atomic mass is 10.1. The van der Waals surface area contributed by atoms with Crippen LogP contribution in [0.2, 0.25) is 5.02 Å². The van der Waals surface area contributed by atoms with Crippen molar-refractivity contribution in [3.63, 3.8) is 0 Å². The van der Waals surface area contributed by atoms with E-state index in [2.05, 4.69) is 10.6 Å². The second-order valence-corrected chi connectivity index (χ2v) is 6.45. The average molecular weight is 421 g/mol. The first kappa shape index (κ1) is 22.0. The van der Waals surface area contributed by atoms with Crippen LogP contribution < -0.4 is 15.4 Å². The Labute approximate surface area is 172 Å². The number of hydrogen-bond acceptors (Lipinski definition) is 5. The minimum atomic E-state index is -1.21. The van der Waals surface area contributed by atoms with Crippen LogP contribution in [-0.4, -0.2) is 42.8 Å². The lowest BCUT2D eigenvalue weighted by Gasteiger charge is -2.15. The van der Waals surface area contributed by atoms with Crippen molar-refractivity contribution in [3.8, 4) is 5.75 Å². The van der Waals surface area contributed by atoms with Gasteiger partial charge >= 0.3 is 12.1 Å².